The first-order chi connectivity index (χ1) is 7.83. The third-order valence-corrected chi connectivity index (χ3v) is 3.10. The van der Waals surface area contributed by atoms with Crippen LogP contribution in [0.25, 0.3) is 5.65 Å². The van der Waals surface area contributed by atoms with E-state index in [4.69, 9.17) is 10.5 Å². The molecule has 3 rings (SSSR count). The van der Waals surface area contributed by atoms with Gasteiger partial charge in [0, 0.05) is 19.4 Å². The minimum absolute atomic E-state index is 0.617. The zero-order valence-corrected chi connectivity index (χ0v) is 9.10. The minimum Gasteiger partial charge on any atom is -0.385 e. The van der Waals surface area contributed by atoms with E-state index >= 15 is 0 Å². The number of aromatic nitrogens is 2. The Kier molecular flexibility index (Phi) is 2.29. The molecule has 1 aliphatic heterocycles. The van der Waals surface area contributed by atoms with Crippen molar-refractivity contribution in [2.45, 2.75) is 12.8 Å². The standard InChI is InChI=1S/C12H15N3O/c13-11-2-1-3-12-14-10(7-15(11)12)6-9-4-5-16-8-9/h1-3,7,9H,4-6,8,13H2. The molecule has 4 heteroatoms. The van der Waals surface area contributed by atoms with Crippen molar-refractivity contribution in [3.05, 3.63) is 30.1 Å². The molecular weight excluding hydrogens is 202 g/mol. The van der Waals surface area contributed by atoms with Crippen LogP contribution in [0, 0.1) is 5.92 Å². The number of ether oxygens (including phenoxy) is 1. The van der Waals surface area contributed by atoms with Crippen molar-refractivity contribution in [2.24, 2.45) is 5.92 Å². The molecule has 4 nitrogen and oxygen atoms in total. The van der Waals surface area contributed by atoms with Gasteiger partial charge in [-0.25, -0.2) is 4.98 Å². The average Bonchev–Trinajstić information content (AvgIpc) is 2.88. The van der Waals surface area contributed by atoms with E-state index in [1.807, 2.05) is 28.8 Å². The topological polar surface area (TPSA) is 52.5 Å². The molecule has 1 saturated heterocycles. The fraction of sp³-hybridized carbons (Fsp3) is 0.417. The molecule has 3 heterocycles. The monoisotopic (exact) mass is 217 g/mol. The Morgan fingerprint density at radius 2 is 2.44 bits per heavy atom. The molecule has 0 aliphatic carbocycles. The predicted octanol–water partition coefficient (Wildman–Crippen LogP) is 1.50. The molecule has 2 aromatic heterocycles. The lowest BCUT2D eigenvalue weighted by atomic mass is 10.0. The Balaban J connectivity index is 1.90. The van der Waals surface area contributed by atoms with Gasteiger partial charge in [0.1, 0.15) is 11.5 Å². The van der Waals surface area contributed by atoms with Gasteiger partial charge in [-0.15, -0.1) is 0 Å². The normalized spacial score (nSPS) is 20.6. The van der Waals surface area contributed by atoms with Crippen molar-refractivity contribution in [3.63, 3.8) is 0 Å². The molecule has 1 aliphatic rings. The van der Waals surface area contributed by atoms with Gasteiger partial charge in [0.05, 0.1) is 5.69 Å². The van der Waals surface area contributed by atoms with Crippen LogP contribution in [0.1, 0.15) is 12.1 Å². The van der Waals surface area contributed by atoms with Gasteiger partial charge in [-0.2, -0.15) is 0 Å². The fourth-order valence-corrected chi connectivity index (χ4v) is 2.22. The third kappa shape index (κ3) is 1.65. The SMILES string of the molecule is Nc1cccc2nc(CC3CCOC3)cn12. The van der Waals surface area contributed by atoms with Crippen molar-refractivity contribution in [3.8, 4) is 0 Å². The van der Waals surface area contributed by atoms with Gasteiger partial charge in [0.2, 0.25) is 0 Å². The minimum atomic E-state index is 0.617. The summed E-state index contributed by atoms with van der Waals surface area (Å²) in [6.45, 7) is 1.75. The Morgan fingerprint density at radius 3 is 3.19 bits per heavy atom. The second-order valence-corrected chi connectivity index (χ2v) is 4.34. The second kappa shape index (κ2) is 3.79. The molecule has 0 spiro atoms. The maximum Gasteiger partial charge on any atom is 0.138 e. The number of fused-ring (bicyclic) bond motifs is 1. The number of nitrogens with zero attached hydrogens (tertiary/aromatic N) is 2. The highest BCUT2D eigenvalue weighted by atomic mass is 16.5. The average molecular weight is 217 g/mol. The maximum absolute atomic E-state index is 5.88. The van der Waals surface area contributed by atoms with E-state index < -0.39 is 0 Å². The summed E-state index contributed by atoms with van der Waals surface area (Å²) in [6.07, 6.45) is 4.16. The van der Waals surface area contributed by atoms with Crippen LogP contribution >= 0.6 is 0 Å². The first-order valence-corrected chi connectivity index (χ1v) is 5.63. The summed E-state index contributed by atoms with van der Waals surface area (Å²) >= 11 is 0. The molecule has 0 saturated carbocycles. The highest BCUT2D eigenvalue weighted by Crippen LogP contribution is 2.19. The number of nitrogen functional groups attached to an aromatic ring is 1. The number of hydrogen-bond donors (Lipinski definition) is 1. The fourth-order valence-electron chi connectivity index (χ4n) is 2.22. The number of pyridine rings is 1. The van der Waals surface area contributed by atoms with Gasteiger partial charge in [-0.05, 0) is 30.9 Å². The van der Waals surface area contributed by atoms with E-state index in [0.29, 0.717) is 5.92 Å². The summed E-state index contributed by atoms with van der Waals surface area (Å²) in [7, 11) is 0. The molecule has 0 aromatic carbocycles. The Morgan fingerprint density at radius 1 is 1.50 bits per heavy atom. The zero-order valence-electron chi connectivity index (χ0n) is 9.10. The van der Waals surface area contributed by atoms with Crippen molar-refractivity contribution in [1.29, 1.82) is 0 Å². The summed E-state index contributed by atoms with van der Waals surface area (Å²) in [5.74, 6) is 1.35. The van der Waals surface area contributed by atoms with Crippen LogP contribution in [0.5, 0.6) is 0 Å². The number of anilines is 1. The molecule has 84 valence electrons. The van der Waals surface area contributed by atoms with E-state index in [1.54, 1.807) is 0 Å². The lowest BCUT2D eigenvalue weighted by Gasteiger charge is -2.02. The van der Waals surface area contributed by atoms with Crippen molar-refractivity contribution in [1.82, 2.24) is 9.38 Å². The van der Waals surface area contributed by atoms with E-state index in [0.717, 1.165) is 43.2 Å². The lowest BCUT2D eigenvalue weighted by molar-refractivity contribution is 0.185. The number of imidazole rings is 1. The Labute approximate surface area is 94.0 Å². The third-order valence-electron chi connectivity index (χ3n) is 3.10. The van der Waals surface area contributed by atoms with Gasteiger partial charge in [-0.3, -0.25) is 4.40 Å². The van der Waals surface area contributed by atoms with E-state index in [2.05, 4.69) is 4.98 Å². The van der Waals surface area contributed by atoms with Crippen LogP contribution < -0.4 is 5.73 Å². The van der Waals surface area contributed by atoms with Gasteiger partial charge in [0.15, 0.2) is 0 Å². The quantitative estimate of drug-likeness (QED) is 0.829. The Hall–Kier alpha value is -1.55. The molecule has 1 atom stereocenters. The molecule has 1 fully saturated rings. The summed E-state index contributed by atoms with van der Waals surface area (Å²) in [5, 5.41) is 0. The van der Waals surface area contributed by atoms with E-state index in [9.17, 15) is 0 Å². The summed E-state index contributed by atoms with van der Waals surface area (Å²) in [4.78, 5) is 4.56. The van der Waals surface area contributed by atoms with Gasteiger partial charge in [0.25, 0.3) is 0 Å². The molecule has 2 aromatic rings. The number of rotatable bonds is 2. The van der Waals surface area contributed by atoms with Crippen LogP contribution in [-0.4, -0.2) is 22.6 Å². The summed E-state index contributed by atoms with van der Waals surface area (Å²) in [5.41, 5.74) is 7.91. The molecular formula is C12H15N3O. The van der Waals surface area contributed by atoms with Gasteiger partial charge >= 0.3 is 0 Å². The highest BCUT2D eigenvalue weighted by molar-refractivity contribution is 5.48. The van der Waals surface area contributed by atoms with E-state index in [1.165, 1.54) is 0 Å². The summed E-state index contributed by atoms with van der Waals surface area (Å²) < 4.78 is 7.30. The first-order valence-electron chi connectivity index (χ1n) is 5.63. The first kappa shape index (κ1) is 9.66. The highest BCUT2D eigenvalue weighted by Gasteiger charge is 2.17. The molecule has 0 amide bonds. The number of nitrogens with two attached hydrogens (primary N) is 1. The van der Waals surface area contributed by atoms with Crippen LogP contribution in [0.2, 0.25) is 0 Å². The number of hydrogen-bond acceptors (Lipinski definition) is 3. The van der Waals surface area contributed by atoms with Crippen molar-refractivity contribution < 1.29 is 4.74 Å². The molecule has 0 radical (unpaired) electrons. The van der Waals surface area contributed by atoms with Crippen LogP contribution in [0.4, 0.5) is 5.82 Å². The summed E-state index contributed by atoms with van der Waals surface area (Å²) in [6, 6.07) is 5.79. The molecule has 1 unspecified atom stereocenters. The van der Waals surface area contributed by atoms with Crippen molar-refractivity contribution >= 4 is 11.5 Å². The van der Waals surface area contributed by atoms with Crippen LogP contribution in [-0.2, 0) is 11.2 Å². The lowest BCUT2D eigenvalue weighted by Crippen LogP contribution is -2.03. The molecule has 2 N–H and O–H groups in total. The smallest absolute Gasteiger partial charge is 0.138 e. The maximum atomic E-state index is 5.88. The van der Waals surface area contributed by atoms with Crippen LogP contribution in [0.3, 0.4) is 0 Å². The van der Waals surface area contributed by atoms with Gasteiger partial charge in [-0.1, -0.05) is 6.07 Å². The zero-order chi connectivity index (χ0) is 11.0. The van der Waals surface area contributed by atoms with Gasteiger partial charge < -0.3 is 10.5 Å². The second-order valence-electron chi connectivity index (χ2n) is 4.34. The van der Waals surface area contributed by atoms with E-state index in [-0.39, 0.29) is 0 Å². The molecule has 16 heavy (non-hydrogen) atoms. The Bertz CT molecular complexity index is 500. The molecule has 0 bridgehead atoms. The van der Waals surface area contributed by atoms with Crippen molar-refractivity contribution in [2.75, 3.05) is 18.9 Å². The van der Waals surface area contributed by atoms with Crippen LogP contribution in [0.15, 0.2) is 24.4 Å². The predicted molar refractivity (Wildman–Crippen MR) is 62.2 cm³/mol. The largest absolute Gasteiger partial charge is 0.385 e.